The van der Waals surface area contributed by atoms with E-state index in [1.165, 1.54) is 4.88 Å². The highest BCUT2D eigenvalue weighted by Gasteiger charge is 2.14. The maximum Gasteiger partial charge on any atom is 0.169 e. The van der Waals surface area contributed by atoms with Crippen molar-refractivity contribution >= 4 is 28.7 Å². The van der Waals surface area contributed by atoms with E-state index in [-0.39, 0.29) is 5.78 Å². The summed E-state index contributed by atoms with van der Waals surface area (Å²) < 4.78 is 0. The number of aryl methyl sites for hydroxylation is 2. The van der Waals surface area contributed by atoms with E-state index >= 15 is 0 Å². The lowest BCUT2D eigenvalue weighted by Crippen LogP contribution is -2.05. The maximum absolute atomic E-state index is 12.2. The first kappa shape index (κ1) is 13.2. The molecule has 1 aromatic carbocycles. The molecule has 0 fully saturated rings. The second-order valence-electron chi connectivity index (χ2n) is 4.26. The zero-order valence-corrected chi connectivity index (χ0v) is 12.2. The summed E-state index contributed by atoms with van der Waals surface area (Å²) in [5, 5.41) is 1.50. The van der Waals surface area contributed by atoms with Crippen LogP contribution in [0.5, 0.6) is 0 Å². The average molecular weight is 280 g/mol. The summed E-state index contributed by atoms with van der Waals surface area (Å²) in [6.45, 7) is 5.85. The summed E-state index contributed by atoms with van der Waals surface area (Å²) in [4.78, 5) is 17.8. The molecule has 2 rings (SSSR count). The van der Waals surface area contributed by atoms with Crippen molar-refractivity contribution in [2.45, 2.75) is 27.2 Å². The number of carbonyl (C=O) groups is 1. The first-order chi connectivity index (χ1) is 8.49. The van der Waals surface area contributed by atoms with Crippen LogP contribution in [0.3, 0.4) is 0 Å². The van der Waals surface area contributed by atoms with Crippen LogP contribution in [0.4, 0.5) is 0 Å². The number of benzene rings is 1. The predicted molar refractivity (Wildman–Crippen MR) is 75.8 cm³/mol. The van der Waals surface area contributed by atoms with Crippen LogP contribution in [-0.4, -0.2) is 10.8 Å². The molecule has 0 unspecified atom stereocenters. The Labute approximate surface area is 116 Å². The summed E-state index contributed by atoms with van der Waals surface area (Å²) >= 11 is 7.61. The quantitative estimate of drug-likeness (QED) is 0.790. The highest BCUT2D eigenvalue weighted by molar-refractivity contribution is 7.11. The molecule has 0 saturated heterocycles. The summed E-state index contributed by atoms with van der Waals surface area (Å²) in [7, 11) is 0. The third-order valence-electron chi connectivity index (χ3n) is 2.95. The molecule has 0 aliphatic rings. The fourth-order valence-electron chi connectivity index (χ4n) is 1.76. The van der Waals surface area contributed by atoms with Crippen LogP contribution in [-0.2, 0) is 6.42 Å². The molecule has 2 nitrogen and oxygen atoms in total. The van der Waals surface area contributed by atoms with Gasteiger partial charge in [-0.05, 0) is 32.4 Å². The van der Waals surface area contributed by atoms with E-state index in [9.17, 15) is 4.79 Å². The van der Waals surface area contributed by atoms with Crippen molar-refractivity contribution < 1.29 is 4.79 Å². The van der Waals surface area contributed by atoms with Crippen LogP contribution in [0, 0.1) is 20.8 Å². The van der Waals surface area contributed by atoms with Gasteiger partial charge >= 0.3 is 0 Å². The second kappa shape index (κ2) is 5.21. The van der Waals surface area contributed by atoms with Gasteiger partial charge in [0.25, 0.3) is 0 Å². The molecule has 0 bridgehead atoms. The predicted octanol–water partition coefficient (Wildman–Crippen LogP) is 4.15. The second-order valence-corrected chi connectivity index (χ2v) is 5.96. The first-order valence-electron chi connectivity index (χ1n) is 5.70. The highest BCUT2D eigenvalue weighted by Crippen LogP contribution is 2.22. The fourth-order valence-corrected chi connectivity index (χ4v) is 2.86. The topological polar surface area (TPSA) is 30.0 Å². The number of carbonyl (C=O) groups excluding carboxylic acids is 1. The van der Waals surface area contributed by atoms with Gasteiger partial charge in [-0.25, -0.2) is 4.98 Å². The van der Waals surface area contributed by atoms with E-state index in [1.54, 1.807) is 23.5 Å². The monoisotopic (exact) mass is 279 g/mol. The minimum Gasteiger partial charge on any atom is -0.294 e. The van der Waals surface area contributed by atoms with Crippen molar-refractivity contribution in [1.82, 2.24) is 4.98 Å². The molecule has 1 aromatic heterocycles. The lowest BCUT2D eigenvalue weighted by Gasteiger charge is -2.05. The zero-order valence-electron chi connectivity index (χ0n) is 10.6. The Balaban J connectivity index is 2.24. The normalized spacial score (nSPS) is 10.7. The average Bonchev–Trinajstić information content (AvgIpc) is 2.61. The van der Waals surface area contributed by atoms with E-state index in [0.29, 0.717) is 17.0 Å². The summed E-state index contributed by atoms with van der Waals surface area (Å²) in [6, 6.07) is 5.42. The standard InChI is InChI=1S/C14H14ClNOS/c1-8-11(5-4-6-12(8)15)13(17)7-14-16-9(2)10(3)18-14/h4-6H,7H2,1-3H3. The Hall–Kier alpha value is -1.19. The molecule has 94 valence electrons. The van der Waals surface area contributed by atoms with Crippen molar-refractivity contribution in [1.29, 1.82) is 0 Å². The Morgan fingerprint density at radius 2 is 2.06 bits per heavy atom. The van der Waals surface area contributed by atoms with Crippen LogP contribution in [0.15, 0.2) is 18.2 Å². The molecule has 0 saturated carbocycles. The number of thiazole rings is 1. The first-order valence-corrected chi connectivity index (χ1v) is 6.89. The van der Waals surface area contributed by atoms with E-state index in [0.717, 1.165) is 16.3 Å². The molecular weight excluding hydrogens is 266 g/mol. The number of nitrogens with zero attached hydrogens (tertiary/aromatic N) is 1. The summed E-state index contributed by atoms with van der Waals surface area (Å²) in [6.07, 6.45) is 0.348. The minimum absolute atomic E-state index is 0.0729. The molecule has 2 aromatic rings. The largest absolute Gasteiger partial charge is 0.294 e. The van der Waals surface area contributed by atoms with Crippen LogP contribution in [0.25, 0.3) is 0 Å². The molecule has 0 atom stereocenters. The van der Waals surface area contributed by atoms with Crippen LogP contribution >= 0.6 is 22.9 Å². The highest BCUT2D eigenvalue weighted by atomic mass is 35.5. The van der Waals surface area contributed by atoms with Crippen molar-refractivity contribution in [3.8, 4) is 0 Å². The number of rotatable bonds is 3. The van der Waals surface area contributed by atoms with Gasteiger partial charge in [0, 0.05) is 15.5 Å². The number of ketones is 1. The van der Waals surface area contributed by atoms with Crippen molar-refractivity contribution in [3.05, 3.63) is 49.9 Å². The zero-order chi connectivity index (χ0) is 13.3. The van der Waals surface area contributed by atoms with Crippen LogP contribution in [0.1, 0.15) is 31.5 Å². The van der Waals surface area contributed by atoms with Gasteiger partial charge in [-0.1, -0.05) is 23.7 Å². The van der Waals surface area contributed by atoms with Gasteiger partial charge in [-0.15, -0.1) is 11.3 Å². The molecule has 18 heavy (non-hydrogen) atoms. The third kappa shape index (κ3) is 2.62. The van der Waals surface area contributed by atoms with Gasteiger partial charge in [-0.3, -0.25) is 4.79 Å². The lowest BCUT2D eigenvalue weighted by molar-refractivity contribution is 0.0992. The number of hydrogen-bond donors (Lipinski definition) is 0. The fraction of sp³-hybridized carbons (Fsp3) is 0.286. The van der Waals surface area contributed by atoms with Gasteiger partial charge in [0.1, 0.15) is 5.01 Å². The summed E-state index contributed by atoms with van der Waals surface area (Å²) in [5.41, 5.74) is 2.53. The van der Waals surface area contributed by atoms with Crippen LogP contribution in [0.2, 0.25) is 5.02 Å². The summed E-state index contributed by atoms with van der Waals surface area (Å²) in [5.74, 6) is 0.0729. The van der Waals surface area contributed by atoms with Crippen molar-refractivity contribution in [2.75, 3.05) is 0 Å². The van der Waals surface area contributed by atoms with Gasteiger partial charge in [0.05, 0.1) is 12.1 Å². The Kier molecular flexibility index (Phi) is 3.83. The number of Topliss-reactive ketones (excluding diaryl/α,β-unsaturated/α-hetero) is 1. The van der Waals surface area contributed by atoms with Gasteiger partial charge in [-0.2, -0.15) is 0 Å². The van der Waals surface area contributed by atoms with E-state index < -0.39 is 0 Å². The molecule has 0 N–H and O–H groups in total. The molecule has 0 amide bonds. The number of hydrogen-bond acceptors (Lipinski definition) is 3. The molecule has 1 heterocycles. The smallest absolute Gasteiger partial charge is 0.169 e. The molecule has 0 radical (unpaired) electrons. The molecule has 0 aliphatic heterocycles. The van der Waals surface area contributed by atoms with Crippen LogP contribution < -0.4 is 0 Å². The van der Waals surface area contributed by atoms with Crippen molar-refractivity contribution in [3.63, 3.8) is 0 Å². The molecule has 4 heteroatoms. The SMILES string of the molecule is Cc1nc(CC(=O)c2cccc(Cl)c2C)sc1C. The van der Waals surface area contributed by atoms with E-state index in [4.69, 9.17) is 11.6 Å². The number of aromatic nitrogens is 1. The van der Waals surface area contributed by atoms with E-state index in [2.05, 4.69) is 4.98 Å². The molecule has 0 spiro atoms. The minimum atomic E-state index is 0.0729. The maximum atomic E-state index is 12.2. The Bertz CT molecular complexity index is 584. The molecular formula is C14H14ClNOS. The van der Waals surface area contributed by atoms with Gasteiger partial charge in [0.15, 0.2) is 5.78 Å². The van der Waals surface area contributed by atoms with Gasteiger partial charge in [0.2, 0.25) is 0 Å². The lowest BCUT2D eigenvalue weighted by atomic mass is 10.0. The van der Waals surface area contributed by atoms with Crippen molar-refractivity contribution in [2.24, 2.45) is 0 Å². The number of halogens is 1. The van der Waals surface area contributed by atoms with Gasteiger partial charge < -0.3 is 0 Å². The Morgan fingerprint density at radius 3 is 2.67 bits per heavy atom. The Morgan fingerprint density at radius 1 is 1.33 bits per heavy atom. The molecule has 0 aliphatic carbocycles. The van der Waals surface area contributed by atoms with E-state index in [1.807, 2.05) is 26.8 Å². The third-order valence-corrected chi connectivity index (χ3v) is 4.44.